The van der Waals surface area contributed by atoms with Gasteiger partial charge in [0.25, 0.3) is 11.8 Å². The van der Waals surface area contributed by atoms with E-state index in [2.05, 4.69) is 20.9 Å². The SMILES string of the molecule is COc1cccc(CNC[C@@H](O)[C@H](Cc2ccccc2)NC(=O)c2cccc(C(=O)NC(C)c3cccnc3)c2)c1. The molecule has 1 unspecified atom stereocenters. The van der Waals surface area contributed by atoms with E-state index in [9.17, 15) is 14.7 Å². The molecule has 0 aliphatic carbocycles. The Balaban J connectivity index is 1.42. The van der Waals surface area contributed by atoms with E-state index < -0.39 is 12.1 Å². The fourth-order valence-corrected chi connectivity index (χ4v) is 4.49. The number of nitrogens with zero attached hydrogens (tertiary/aromatic N) is 1. The van der Waals surface area contributed by atoms with Crippen LogP contribution in [0.15, 0.2) is 103 Å². The largest absolute Gasteiger partial charge is 0.497 e. The molecule has 2 amide bonds. The number of methoxy groups -OCH3 is 1. The molecule has 1 aromatic heterocycles. The van der Waals surface area contributed by atoms with Gasteiger partial charge >= 0.3 is 0 Å². The Labute approximate surface area is 240 Å². The smallest absolute Gasteiger partial charge is 0.251 e. The van der Waals surface area contributed by atoms with Gasteiger partial charge in [0.05, 0.1) is 25.3 Å². The number of hydrogen-bond acceptors (Lipinski definition) is 6. The molecule has 8 nitrogen and oxygen atoms in total. The van der Waals surface area contributed by atoms with E-state index in [1.807, 2.05) is 73.7 Å². The first-order chi connectivity index (χ1) is 19.9. The number of ether oxygens (including phenoxy) is 1. The van der Waals surface area contributed by atoms with Gasteiger partial charge in [0.2, 0.25) is 0 Å². The van der Waals surface area contributed by atoms with E-state index in [-0.39, 0.29) is 24.4 Å². The Morgan fingerprint density at radius 3 is 2.27 bits per heavy atom. The van der Waals surface area contributed by atoms with Crippen LogP contribution in [0.25, 0.3) is 0 Å². The van der Waals surface area contributed by atoms with Gasteiger partial charge in [-0.1, -0.05) is 54.6 Å². The lowest BCUT2D eigenvalue weighted by molar-refractivity contribution is 0.0830. The highest BCUT2D eigenvalue weighted by Crippen LogP contribution is 2.15. The number of nitrogens with one attached hydrogen (secondary N) is 3. The van der Waals surface area contributed by atoms with Gasteiger partial charge < -0.3 is 25.8 Å². The maximum atomic E-state index is 13.3. The van der Waals surface area contributed by atoms with Crippen LogP contribution in [0.4, 0.5) is 0 Å². The van der Waals surface area contributed by atoms with Gasteiger partial charge in [0, 0.05) is 36.6 Å². The van der Waals surface area contributed by atoms with Crippen molar-refractivity contribution in [3.63, 3.8) is 0 Å². The highest BCUT2D eigenvalue weighted by molar-refractivity contribution is 5.99. The van der Waals surface area contributed by atoms with Gasteiger partial charge in [-0.2, -0.15) is 0 Å². The minimum Gasteiger partial charge on any atom is -0.497 e. The molecule has 0 aliphatic heterocycles. The molecule has 4 aromatic rings. The Kier molecular flexibility index (Phi) is 10.6. The number of carbonyl (C=O) groups is 2. The molecule has 0 aliphatic rings. The molecule has 0 saturated heterocycles. The van der Waals surface area contributed by atoms with Crippen LogP contribution in [0.5, 0.6) is 5.75 Å². The molecule has 0 saturated carbocycles. The molecule has 3 aromatic carbocycles. The summed E-state index contributed by atoms with van der Waals surface area (Å²) in [5, 5.41) is 20.3. The number of amides is 2. The van der Waals surface area contributed by atoms with Crippen LogP contribution in [-0.2, 0) is 13.0 Å². The summed E-state index contributed by atoms with van der Waals surface area (Å²) < 4.78 is 5.28. The molecule has 8 heteroatoms. The molecule has 0 spiro atoms. The Hall–Kier alpha value is -4.53. The molecule has 41 heavy (non-hydrogen) atoms. The molecule has 3 atom stereocenters. The summed E-state index contributed by atoms with van der Waals surface area (Å²) in [4.78, 5) is 30.4. The second-order valence-electron chi connectivity index (χ2n) is 9.88. The van der Waals surface area contributed by atoms with Crippen molar-refractivity contribution in [3.8, 4) is 5.75 Å². The molecule has 212 valence electrons. The van der Waals surface area contributed by atoms with Crippen molar-refractivity contribution in [2.24, 2.45) is 0 Å². The molecule has 4 N–H and O–H groups in total. The van der Waals surface area contributed by atoms with E-state index in [1.165, 1.54) is 0 Å². The van der Waals surface area contributed by atoms with Crippen molar-refractivity contribution in [2.75, 3.05) is 13.7 Å². The monoisotopic (exact) mass is 552 g/mol. The van der Waals surface area contributed by atoms with Crippen LogP contribution in [0, 0.1) is 0 Å². The van der Waals surface area contributed by atoms with Crippen molar-refractivity contribution in [1.29, 1.82) is 0 Å². The van der Waals surface area contributed by atoms with Crippen LogP contribution in [0.3, 0.4) is 0 Å². The van der Waals surface area contributed by atoms with Crippen molar-refractivity contribution in [1.82, 2.24) is 20.9 Å². The second-order valence-corrected chi connectivity index (χ2v) is 9.88. The van der Waals surface area contributed by atoms with E-state index in [0.717, 1.165) is 22.4 Å². The average Bonchev–Trinajstić information content (AvgIpc) is 3.01. The molecule has 0 fully saturated rings. The first-order valence-corrected chi connectivity index (χ1v) is 13.6. The summed E-state index contributed by atoms with van der Waals surface area (Å²) in [6.07, 6.45) is 2.96. The fraction of sp³-hybridized carbons (Fsp3) is 0.242. The first-order valence-electron chi connectivity index (χ1n) is 13.6. The van der Waals surface area contributed by atoms with Crippen molar-refractivity contribution >= 4 is 11.8 Å². The summed E-state index contributed by atoms with van der Waals surface area (Å²) in [6, 6.07) is 26.9. The summed E-state index contributed by atoms with van der Waals surface area (Å²) in [6.45, 7) is 2.68. The number of aliphatic hydroxyl groups excluding tert-OH is 1. The topological polar surface area (TPSA) is 113 Å². The van der Waals surface area contributed by atoms with Gasteiger partial charge in [0.15, 0.2) is 0 Å². The third-order valence-electron chi connectivity index (χ3n) is 6.82. The van der Waals surface area contributed by atoms with Gasteiger partial charge in [-0.25, -0.2) is 0 Å². The fourth-order valence-electron chi connectivity index (χ4n) is 4.49. The highest BCUT2D eigenvalue weighted by Gasteiger charge is 2.23. The number of benzene rings is 3. The van der Waals surface area contributed by atoms with E-state index in [0.29, 0.717) is 24.1 Å². The number of carbonyl (C=O) groups excluding carboxylic acids is 2. The Morgan fingerprint density at radius 2 is 1.56 bits per heavy atom. The van der Waals surface area contributed by atoms with Gasteiger partial charge in [-0.05, 0) is 66.4 Å². The summed E-state index contributed by atoms with van der Waals surface area (Å²) in [7, 11) is 1.62. The molecule has 4 rings (SSSR count). The number of hydrogen-bond donors (Lipinski definition) is 4. The van der Waals surface area contributed by atoms with Gasteiger partial charge in [-0.15, -0.1) is 0 Å². The third kappa shape index (κ3) is 8.73. The predicted molar refractivity (Wildman–Crippen MR) is 159 cm³/mol. The minimum absolute atomic E-state index is 0.247. The minimum atomic E-state index is -0.864. The number of pyridine rings is 1. The number of aromatic nitrogens is 1. The average molecular weight is 553 g/mol. The van der Waals surface area contributed by atoms with Crippen LogP contribution >= 0.6 is 0 Å². The standard InChI is InChI=1S/C33H36N4O4/c1-23(28-14-8-16-34-21-28)36-32(39)26-12-7-13-27(19-26)33(40)37-30(18-24-9-4-3-5-10-24)31(38)22-35-20-25-11-6-15-29(17-25)41-2/h3-17,19,21,23,30-31,35,38H,18,20,22H2,1-2H3,(H,36,39)(H,37,40)/t23?,30-,31+/m0/s1. The van der Waals surface area contributed by atoms with Crippen LogP contribution < -0.4 is 20.7 Å². The molecule has 1 heterocycles. The molecular formula is C33H36N4O4. The maximum absolute atomic E-state index is 13.3. The van der Waals surface area contributed by atoms with E-state index in [4.69, 9.17) is 4.74 Å². The quantitative estimate of drug-likeness (QED) is 0.199. The maximum Gasteiger partial charge on any atom is 0.251 e. The predicted octanol–water partition coefficient (Wildman–Crippen LogP) is 4.07. The lowest BCUT2D eigenvalue weighted by Crippen LogP contribution is -2.48. The van der Waals surface area contributed by atoms with Gasteiger partial charge in [0.1, 0.15) is 5.75 Å². The van der Waals surface area contributed by atoms with Crippen molar-refractivity contribution in [2.45, 2.75) is 38.1 Å². The summed E-state index contributed by atoms with van der Waals surface area (Å²) in [5.74, 6) is 0.104. The highest BCUT2D eigenvalue weighted by atomic mass is 16.5. The van der Waals surface area contributed by atoms with E-state index >= 15 is 0 Å². The summed E-state index contributed by atoms with van der Waals surface area (Å²) >= 11 is 0. The summed E-state index contributed by atoms with van der Waals surface area (Å²) in [5.41, 5.74) is 3.59. The van der Waals surface area contributed by atoms with Crippen LogP contribution in [-0.4, -0.2) is 47.7 Å². The van der Waals surface area contributed by atoms with E-state index in [1.54, 1.807) is 43.8 Å². The van der Waals surface area contributed by atoms with Crippen molar-refractivity contribution < 1.29 is 19.4 Å². The second kappa shape index (κ2) is 14.7. The first kappa shape index (κ1) is 29.5. The molecule has 0 bridgehead atoms. The normalized spacial score (nSPS) is 13.0. The Morgan fingerprint density at radius 1 is 0.854 bits per heavy atom. The van der Waals surface area contributed by atoms with Crippen molar-refractivity contribution in [3.05, 3.63) is 131 Å². The zero-order chi connectivity index (χ0) is 29.0. The molecule has 0 radical (unpaired) electrons. The van der Waals surface area contributed by atoms with Gasteiger partial charge in [-0.3, -0.25) is 14.6 Å². The zero-order valence-electron chi connectivity index (χ0n) is 23.3. The number of aliphatic hydroxyl groups is 1. The van der Waals surface area contributed by atoms with Crippen LogP contribution in [0.1, 0.15) is 50.4 Å². The zero-order valence-corrected chi connectivity index (χ0v) is 23.3. The molecular weight excluding hydrogens is 516 g/mol. The Bertz CT molecular complexity index is 1420. The van der Waals surface area contributed by atoms with Crippen LogP contribution in [0.2, 0.25) is 0 Å². The lowest BCUT2D eigenvalue weighted by atomic mass is 10.00. The third-order valence-corrected chi connectivity index (χ3v) is 6.82. The number of rotatable bonds is 13. The lowest BCUT2D eigenvalue weighted by Gasteiger charge is -2.25.